The van der Waals surface area contributed by atoms with E-state index in [1.165, 1.54) is 12.2 Å². The van der Waals surface area contributed by atoms with Crippen molar-refractivity contribution in [1.82, 2.24) is 15.5 Å². The number of Topliss-reactive ketones (excluding diaryl/α,β-unsaturated/α-hetero) is 1. The molecule has 14 nitrogen and oxygen atoms in total. The van der Waals surface area contributed by atoms with Gasteiger partial charge in [0.25, 0.3) is 11.8 Å². The molecule has 0 bridgehead atoms. The van der Waals surface area contributed by atoms with Crippen molar-refractivity contribution in [2.45, 2.75) is 78.4 Å². The Balaban J connectivity index is 1.91. The number of hydrogen-bond acceptors (Lipinski definition) is 9. The van der Waals surface area contributed by atoms with E-state index >= 15 is 0 Å². The van der Waals surface area contributed by atoms with Crippen LogP contribution < -0.4 is 21.7 Å². The van der Waals surface area contributed by atoms with Crippen LogP contribution >= 0.6 is 0 Å². The fourth-order valence-electron chi connectivity index (χ4n) is 4.44. The van der Waals surface area contributed by atoms with E-state index in [1.54, 1.807) is 45.0 Å². The van der Waals surface area contributed by atoms with Gasteiger partial charge in [0.05, 0.1) is 12.0 Å². The van der Waals surface area contributed by atoms with Crippen molar-refractivity contribution in [1.29, 1.82) is 0 Å². The van der Waals surface area contributed by atoms with Gasteiger partial charge in [-0.15, -0.1) is 0 Å². The molecule has 14 heteroatoms. The molecule has 0 saturated carbocycles. The van der Waals surface area contributed by atoms with Gasteiger partial charge in [-0.2, -0.15) is 0 Å². The molecule has 0 unspecified atom stereocenters. The Kier molecular flexibility index (Phi) is 15.0. The number of aliphatic hydroxyl groups excluding tert-OH is 1. The summed E-state index contributed by atoms with van der Waals surface area (Å²) in [6, 6.07) is 4.74. The number of benzene rings is 1. The average molecular weight is 644 g/mol. The van der Waals surface area contributed by atoms with Gasteiger partial charge in [-0.3, -0.25) is 33.7 Å². The second-order valence-electron chi connectivity index (χ2n) is 12.1. The number of ketones is 1. The van der Waals surface area contributed by atoms with Crippen molar-refractivity contribution in [3.8, 4) is 0 Å². The molecule has 6 amide bonds. The van der Waals surface area contributed by atoms with Crippen molar-refractivity contribution < 1.29 is 43.4 Å². The van der Waals surface area contributed by atoms with Crippen molar-refractivity contribution in [3.63, 3.8) is 0 Å². The van der Waals surface area contributed by atoms with Crippen molar-refractivity contribution in [2.24, 2.45) is 17.1 Å². The molecule has 1 aromatic rings. The third-order valence-electron chi connectivity index (χ3n) is 7.14. The van der Waals surface area contributed by atoms with Crippen LogP contribution in [0.2, 0.25) is 0 Å². The highest BCUT2D eigenvalue weighted by Crippen LogP contribution is 2.20. The molecule has 0 radical (unpaired) electrons. The number of esters is 1. The third-order valence-corrected chi connectivity index (χ3v) is 7.14. The summed E-state index contributed by atoms with van der Waals surface area (Å²) in [6.07, 6.45) is 4.28. The number of nitrogens with one attached hydrogen (secondary N) is 3. The zero-order valence-electron chi connectivity index (χ0n) is 26.6. The number of ether oxygens (including phenoxy) is 1. The van der Waals surface area contributed by atoms with Crippen LogP contribution in [0.4, 0.5) is 10.5 Å². The highest BCUT2D eigenvalue weighted by Gasteiger charge is 2.28. The predicted octanol–water partition coefficient (Wildman–Crippen LogP) is 1.70. The third kappa shape index (κ3) is 13.2. The number of aliphatic hydroxyl groups is 1. The number of rotatable bonds is 19. The summed E-state index contributed by atoms with van der Waals surface area (Å²) >= 11 is 0. The van der Waals surface area contributed by atoms with E-state index < -0.39 is 47.6 Å². The van der Waals surface area contributed by atoms with Crippen LogP contribution in [0.1, 0.15) is 71.3 Å². The Morgan fingerprint density at radius 1 is 0.957 bits per heavy atom. The summed E-state index contributed by atoms with van der Waals surface area (Å²) in [7, 11) is 0. The number of carbonyl (C=O) groups is 7. The number of urea groups is 1. The quantitative estimate of drug-likeness (QED) is 0.0841. The minimum Gasteiger partial charge on any atom is -0.460 e. The lowest BCUT2D eigenvalue weighted by Gasteiger charge is -2.20. The number of anilines is 1. The largest absolute Gasteiger partial charge is 0.460 e. The van der Waals surface area contributed by atoms with E-state index in [0.29, 0.717) is 31.4 Å². The molecule has 1 aliphatic heterocycles. The van der Waals surface area contributed by atoms with Gasteiger partial charge in [0.2, 0.25) is 11.8 Å². The van der Waals surface area contributed by atoms with Crippen LogP contribution in [0.25, 0.3) is 0 Å². The second kappa shape index (κ2) is 18.4. The lowest BCUT2D eigenvalue weighted by molar-refractivity contribution is -0.154. The average Bonchev–Trinajstić information content (AvgIpc) is 3.32. The number of carbonyl (C=O) groups excluding carboxylic acids is 7. The number of hydrogen-bond donors (Lipinski definition) is 5. The van der Waals surface area contributed by atoms with Gasteiger partial charge in [-0.25, -0.2) is 4.79 Å². The molecule has 0 spiro atoms. The Labute approximate surface area is 268 Å². The van der Waals surface area contributed by atoms with Crippen LogP contribution in [0.3, 0.4) is 0 Å². The molecule has 46 heavy (non-hydrogen) atoms. The Hall–Kier alpha value is -4.59. The fourth-order valence-corrected chi connectivity index (χ4v) is 4.44. The lowest BCUT2D eigenvalue weighted by Crippen LogP contribution is -2.44. The fraction of sp³-hybridized carbons (Fsp3) is 0.531. The highest BCUT2D eigenvalue weighted by molar-refractivity contribution is 6.12. The smallest absolute Gasteiger partial charge is 0.312 e. The number of primary amides is 1. The summed E-state index contributed by atoms with van der Waals surface area (Å²) in [4.78, 5) is 86.2. The van der Waals surface area contributed by atoms with Gasteiger partial charge in [-0.05, 0) is 64.2 Å². The van der Waals surface area contributed by atoms with E-state index in [1.807, 2.05) is 0 Å². The van der Waals surface area contributed by atoms with Gasteiger partial charge in [0, 0.05) is 49.7 Å². The SMILES string of the molecule is CC(C)(C)C(=O)OCc1ccc(NC(=O)[C@H](CCCNC(N)=O)CC(=O)[C@H](CO)NC(=O)CCCCCN2C(=O)C=CC2=O)cc1. The van der Waals surface area contributed by atoms with Crippen molar-refractivity contribution in [3.05, 3.63) is 42.0 Å². The maximum absolute atomic E-state index is 13.2. The van der Waals surface area contributed by atoms with Crippen LogP contribution in [0, 0.1) is 11.3 Å². The van der Waals surface area contributed by atoms with Crippen LogP contribution in [-0.2, 0) is 40.1 Å². The molecule has 252 valence electrons. The van der Waals surface area contributed by atoms with Crippen molar-refractivity contribution in [2.75, 3.05) is 25.0 Å². The standard InChI is InChI=1S/C32H45N5O9/c1-32(2,3)30(44)46-20-21-10-12-23(13-11-21)35-29(43)22(8-7-16-34-31(33)45)18-25(39)24(19-38)36-26(40)9-5-4-6-17-37-27(41)14-15-28(37)42/h10-15,22,24,38H,4-9,16-20H2,1-3H3,(H,35,43)(H,36,40)(H3,33,34,45)/t22-,24+/m1/s1. The van der Waals surface area contributed by atoms with Crippen LogP contribution in [-0.4, -0.2) is 77.2 Å². The first kappa shape index (κ1) is 37.6. The summed E-state index contributed by atoms with van der Waals surface area (Å²) in [6.45, 7) is 5.11. The Morgan fingerprint density at radius 2 is 1.61 bits per heavy atom. The normalized spacial score (nSPS) is 14.0. The molecule has 1 heterocycles. The Morgan fingerprint density at radius 3 is 2.20 bits per heavy atom. The number of nitrogens with zero attached hydrogens (tertiary/aromatic N) is 1. The van der Waals surface area contributed by atoms with E-state index in [-0.39, 0.29) is 56.7 Å². The monoisotopic (exact) mass is 643 g/mol. The number of amides is 6. The maximum atomic E-state index is 13.2. The van der Waals surface area contributed by atoms with E-state index in [9.17, 15) is 38.7 Å². The maximum Gasteiger partial charge on any atom is 0.312 e. The van der Waals surface area contributed by atoms with Gasteiger partial charge in [0.15, 0.2) is 5.78 Å². The summed E-state index contributed by atoms with van der Waals surface area (Å²) in [5.74, 6) is -3.37. The van der Waals surface area contributed by atoms with E-state index in [4.69, 9.17) is 10.5 Å². The molecule has 2 atom stereocenters. The van der Waals surface area contributed by atoms with Gasteiger partial charge >= 0.3 is 12.0 Å². The number of unbranched alkanes of at least 4 members (excludes halogenated alkanes) is 2. The molecule has 2 rings (SSSR count). The van der Waals surface area contributed by atoms with Crippen LogP contribution in [0.5, 0.6) is 0 Å². The first-order valence-electron chi connectivity index (χ1n) is 15.3. The van der Waals surface area contributed by atoms with Gasteiger partial charge < -0.3 is 31.5 Å². The van der Waals surface area contributed by atoms with Crippen LogP contribution in [0.15, 0.2) is 36.4 Å². The summed E-state index contributed by atoms with van der Waals surface area (Å²) < 4.78 is 5.31. The van der Waals surface area contributed by atoms with E-state index in [0.717, 1.165) is 10.5 Å². The highest BCUT2D eigenvalue weighted by atomic mass is 16.5. The molecule has 0 aromatic heterocycles. The first-order chi connectivity index (χ1) is 21.7. The molecule has 6 N–H and O–H groups in total. The van der Waals surface area contributed by atoms with E-state index in [2.05, 4.69) is 16.0 Å². The zero-order valence-corrected chi connectivity index (χ0v) is 26.6. The molecule has 1 aromatic carbocycles. The predicted molar refractivity (Wildman–Crippen MR) is 168 cm³/mol. The molecule has 0 aliphatic carbocycles. The minimum absolute atomic E-state index is 0.0675. The molecular formula is C32H45N5O9. The van der Waals surface area contributed by atoms with Gasteiger partial charge in [-0.1, -0.05) is 18.6 Å². The summed E-state index contributed by atoms with van der Waals surface area (Å²) in [5.41, 5.74) is 5.64. The molecular weight excluding hydrogens is 598 g/mol. The second-order valence-corrected chi connectivity index (χ2v) is 12.1. The number of nitrogens with two attached hydrogens (primary N) is 1. The lowest BCUT2D eigenvalue weighted by atomic mass is 9.93. The Bertz CT molecular complexity index is 1270. The molecule has 0 saturated heterocycles. The minimum atomic E-state index is -1.22. The topological polar surface area (TPSA) is 214 Å². The van der Waals surface area contributed by atoms with Gasteiger partial charge in [0.1, 0.15) is 12.6 Å². The summed E-state index contributed by atoms with van der Waals surface area (Å²) in [5, 5.41) is 17.6. The van der Waals surface area contributed by atoms with Crippen molar-refractivity contribution >= 4 is 47.1 Å². The molecule has 0 fully saturated rings. The zero-order chi connectivity index (χ0) is 34.3. The first-order valence-corrected chi connectivity index (χ1v) is 15.3. The molecule has 1 aliphatic rings. The number of imide groups is 1.